The Labute approximate surface area is 145 Å². The molecule has 0 saturated carbocycles. The molecule has 0 radical (unpaired) electrons. The monoisotopic (exact) mass is 343 g/mol. The number of rotatable bonds is 7. The van der Waals surface area contributed by atoms with E-state index in [2.05, 4.69) is 4.99 Å². The lowest BCUT2D eigenvalue weighted by molar-refractivity contribution is 0.0976. The molecule has 0 spiro atoms. The van der Waals surface area contributed by atoms with E-state index in [1.807, 2.05) is 30.3 Å². The van der Waals surface area contributed by atoms with Crippen molar-refractivity contribution < 1.29 is 19.4 Å². The highest BCUT2D eigenvalue weighted by Crippen LogP contribution is 2.30. The zero-order valence-electron chi connectivity index (χ0n) is 14.3. The maximum atomic E-state index is 12.1. The van der Waals surface area contributed by atoms with E-state index >= 15 is 0 Å². The molecule has 0 aliphatic rings. The number of nitrogens with zero attached hydrogens (tertiary/aromatic N) is 1. The van der Waals surface area contributed by atoms with Crippen LogP contribution in [0.1, 0.15) is 48.2 Å². The van der Waals surface area contributed by atoms with Crippen molar-refractivity contribution in [3.63, 3.8) is 0 Å². The highest BCUT2D eigenvalue weighted by atomic mass is 16.5. The normalized spacial score (nSPS) is 11.5. The second-order valence-electron chi connectivity index (χ2n) is 5.49. The fourth-order valence-electron chi connectivity index (χ4n) is 2.53. The van der Waals surface area contributed by atoms with Crippen LogP contribution in [0.25, 0.3) is 0 Å². The number of hydrogen-bond donors (Lipinski definition) is 2. The highest BCUT2D eigenvalue weighted by molar-refractivity contribution is 6.07. The van der Waals surface area contributed by atoms with Crippen LogP contribution in [-0.4, -0.2) is 28.3 Å². The lowest BCUT2D eigenvalue weighted by atomic mass is 10.0. The van der Waals surface area contributed by atoms with Gasteiger partial charge < -0.3 is 14.6 Å². The van der Waals surface area contributed by atoms with E-state index in [0.29, 0.717) is 25.1 Å². The lowest BCUT2D eigenvalue weighted by Crippen LogP contribution is -2.17. The number of ketones is 1. The molecule has 2 rings (SSSR count). The fraction of sp³-hybridized carbons (Fsp3) is 0.316. The third kappa shape index (κ3) is 4.15. The van der Waals surface area contributed by atoms with E-state index in [9.17, 15) is 19.8 Å². The van der Waals surface area contributed by atoms with Crippen LogP contribution in [0.5, 0.6) is 11.7 Å². The van der Waals surface area contributed by atoms with Crippen molar-refractivity contribution in [3.8, 4) is 11.7 Å². The fourth-order valence-corrected chi connectivity index (χ4v) is 2.53. The SMILES string of the molecule is CCC(=O)c1c(O)oc(=O)c(C(CC)=NCCc2ccccc2)c1O. The van der Waals surface area contributed by atoms with Crippen LogP contribution in [0, 0.1) is 0 Å². The Morgan fingerprint density at radius 1 is 1.08 bits per heavy atom. The lowest BCUT2D eigenvalue weighted by Gasteiger charge is -2.10. The van der Waals surface area contributed by atoms with Gasteiger partial charge in [-0.15, -0.1) is 0 Å². The van der Waals surface area contributed by atoms with Crippen LogP contribution in [0.15, 0.2) is 44.5 Å². The first-order valence-corrected chi connectivity index (χ1v) is 8.19. The second-order valence-corrected chi connectivity index (χ2v) is 5.49. The van der Waals surface area contributed by atoms with Gasteiger partial charge in [0.25, 0.3) is 5.95 Å². The van der Waals surface area contributed by atoms with Gasteiger partial charge in [-0.25, -0.2) is 4.79 Å². The molecular formula is C19H21NO5. The predicted molar refractivity (Wildman–Crippen MR) is 94.8 cm³/mol. The molecule has 6 heteroatoms. The van der Waals surface area contributed by atoms with Crippen LogP contribution >= 0.6 is 0 Å². The maximum Gasteiger partial charge on any atom is 0.351 e. The third-order valence-electron chi connectivity index (χ3n) is 3.85. The van der Waals surface area contributed by atoms with Crippen LogP contribution in [0.4, 0.5) is 0 Å². The Kier molecular flexibility index (Phi) is 6.11. The molecule has 2 aromatic rings. The summed E-state index contributed by atoms with van der Waals surface area (Å²) >= 11 is 0. The molecule has 25 heavy (non-hydrogen) atoms. The van der Waals surface area contributed by atoms with Gasteiger partial charge in [-0.1, -0.05) is 44.2 Å². The first-order chi connectivity index (χ1) is 12.0. The van der Waals surface area contributed by atoms with Crippen molar-refractivity contribution in [2.45, 2.75) is 33.1 Å². The van der Waals surface area contributed by atoms with E-state index in [-0.39, 0.29) is 17.5 Å². The molecule has 2 N–H and O–H groups in total. The van der Waals surface area contributed by atoms with E-state index < -0.39 is 23.1 Å². The minimum Gasteiger partial charge on any atom is -0.506 e. The molecule has 1 aromatic carbocycles. The standard InChI is InChI=1S/C19H21NO5/c1-3-13(20-11-10-12-8-6-5-7-9-12)15-17(22)16(14(21)4-2)19(24)25-18(15)23/h5-9,22,24H,3-4,10-11H2,1-2H3. The number of aliphatic imine (C=N–C) groups is 1. The minimum absolute atomic E-state index is 0.0564. The Hall–Kier alpha value is -2.89. The minimum atomic E-state index is -0.914. The topological polar surface area (TPSA) is 100 Å². The summed E-state index contributed by atoms with van der Waals surface area (Å²) in [6.07, 6.45) is 1.10. The quantitative estimate of drug-likeness (QED) is 0.594. The summed E-state index contributed by atoms with van der Waals surface area (Å²) in [6, 6.07) is 9.75. The predicted octanol–water partition coefficient (Wildman–Crippen LogP) is 3.09. The van der Waals surface area contributed by atoms with Crippen molar-refractivity contribution in [2.75, 3.05) is 6.54 Å². The molecule has 0 amide bonds. The van der Waals surface area contributed by atoms with Gasteiger partial charge in [0.2, 0.25) is 0 Å². The van der Waals surface area contributed by atoms with Crippen molar-refractivity contribution in [2.24, 2.45) is 4.99 Å². The van der Waals surface area contributed by atoms with E-state index in [1.54, 1.807) is 13.8 Å². The largest absolute Gasteiger partial charge is 0.506 e. The molecule has 0 fully saturated rings. The number of benzene rings is 1. The average Bonchev–Trinajstić information content (AvgIpc) is 2.60. The van der Waals surface area contributed by atoms with Gasteiger partial charge in [-0.3, -0.25) is 9.79 Å². The number of hydrogen-bond acceptors (Lipinski definition) is 6. The molecule has 6 nitrogen and oxygen atoms in total. The second kappa shape index (κ2) is 8.28. The number of aromatic hydroxyl groups is 2. The van der Waals surface area contributed by atoms with Crippen LogP contribution in [0.3, 0.4) is 0 Å². The van der Waals surface area contributed by atoms with E-state index in [0.717, 1.165) is 5.56 Å². The third-order valence-corrected chi connectivity index (χ3v) is 3.85. The molecular weight excluding hydrogens is 322 g/mol. The highest BCUT2D eigenvalue weighted by Gasteiger charge is 2.25. The molecule has 132 valence electrons. The molecule has 1 heterocycles. The smallest absolute Gasteiger partial charge is 0.351 e. The van der Waals surface area contributed by atoms with Gasteiger partial charge in [0.1, 0.15) is 16.9 Å². The van der Waals surface area contributed by atoms with Gasteiger partial charge in [0.15, 0.2) is 5.78 Å². The molecule has 0 unspecified atom stereocenters. The summed E-state index contributed by atoms with van der Waals surface area (Å²) in [4.78, 5) is 28.4. The number of carbonyl (C=O) groups excluding carboxylic acids is 1. The summed E-state index contributed by atoms with van der Waals surface area (Å²) in [5.41, 5.74) is -0.00714. The van der Waals surface area contributed by atoms with Gasteiger partial charge in [0, 0.05) is 13.0 Å². The maximum absolute atomic E-state index is 12.1. The Morgan fingerprint density at radius 3 is 2.36 bits per heavy atom. The average molecular weight is 343 g/mol. The zero-order valence-corrected chi connectivity index (χ0v) is 14.3. The van der Waals surface area contributed by atoms with Crippen LogP contribution in [0.2, 0.25) is 0 Å². The van der Waals surface area contributed by atoms with E-state index in [1.165, 1.54) is 0 Å². The summed E-state index contributed by atoms with van der Waals surface area (Å²) in [7, 11) is 0. The first kappa shape index (κ1) is 18.4. The zero-order chi connectivity index (χ0) is 18.4. The summed E-state index contributed by atoms with van der Waals surface area (Å²) < 4.78 is 4.73. The molecule has 1 aromatic heterocycles. The molecule has 0 atom stereocenters. The van der Waals surface area contributed by atoms with E-state index in [4.69, 9.17) is 4.42 Å². The number of carbonyl (C=O) groups is 1. The Balaban J connectivity index is 2.38. The van der Waals surface area contributed by atoms with Gasteiger partial charge in [0.05, 0.1) is 5.71 Å². The summed E-state index contributed by atoms with van der Waals surface area (Å²) in [5.74, 6) is -1.95. The van der Waals surface area contributed by atoms with Crippen LogP contribution < -0.4 is 5.63 Å². The van der Waals surface area contributed by atoms with Gasteiger partial charge in [-0.2, -0.15) is 0 Å². The molecule has 0 aliphatic heterocycles. The Bertz CT molecular complexity index is 837. The van der Waals surface area contributed by atoms with Crippen LogP contribution in [-0.2, 0) is 6.42 Å². The summed E-state index contributed by atoms with van der Waals surface area (Å²) in [6.45, 7) is 3.79. The summed E-state index contributed by atoms with van der Waals surface area (Å²) in [5, 5.41) is 20.0. The molecule has 0 aliphatic carbocycles. The van der Waals surface area contributed by atoms with Crippen molar-refractivity contribution in [3.05, 3.63) is 57.4 Å². The first-order valence-electron chi connectivity index (χ1n) is 8.19. The van der Waals surface area contributed by atoms with Gasteiger partial charge >= 0.3 is 5.63 Å². The van der Waals surface area contributed by atoms with Crippen molar-refractivity contribution in [1.29, 1.82) is 0 Å². The van der Waals surface area contributed by atoms with Crippen molar-refractivity contribution in [1.82, 2.24) is 0 Å². The molecule has 0 bridgehead atoms. The number of Topliss-reactive ketones (excluding diaryl/α,β-unsaturated/α-hetero) is 1. The van der Waals surface area contributed by atoms with Gasteiger partial charge in [-0.05, 0) is 18.4 Å². The Morgan fingerprint density at radius 2 is 1.76 bits per heavy atom. The van der Waals surface area contributed by atoms with Crippen molar-refractivity contribution >= 4 is 11.5 Å². The molecule has 0 saturated heterocycles.